The van der Waals surface area contributed by atoms with Crippen LogP contribution in [0.25, 0.3) is 11.1 Å². The second kappa shape index (κ2) is 6.34. The molecule has 3 aromatic rings. The van der Waals surface area contributed by atoms with E-state index in [1.54, 1.807) is 18.2 Å². The van der Waals surface area contributed by atoms with Gasteiger partial charge in [-0.05, 0) is 17.7 Å². The van der Waals surface area contributed by atoms with E-state index in [4.69, 9.17) is 23.2 Å². The predicted molar refractivity (Wildman–Crippen MR) is 89.5 cm³/mol. The van der Waals surface area contributed by atoms with Gasteiger partial charge in [0.25, 0.3) is 5.56 Å². The van der Waals surface area contributed by atoms with E-state index >= 15 is 0 Å². The van der Waals surface area contributed by atoms with Crippen LogP contribution >= 0.6 is 23.2 Å². The molecule has 0 spiro atoms. The zero-order valence-electron chi connectivity index (χ0n) is 11.5. The smallest absolute Gasteiger partial charge is 0.267 e. The molecule has 0 amide bonds. The van der Waals surface area contributed by atoms with Gasteiger partial charge in [-0.2, -0.15) is 5.10 Å². The molecule has 0 aliphatic carbocycles. The van der Waals surface area contributed by atoms with Crippen molar-refractivity contribution in [3.8, 4) is 11.1 Å². The molecule has 110 valence electrons. The van der Waals surface area contributed by atoms with Crippen molar-refractivity contribution in [2.75, 3.05) is 0 Å². The van der Waals surface area contributed by atoms with Crippen molar-refractivity contribution in [1.29, 1.82) is 0 Å². The first-order valence-corrected chi connectivity index (χ1v) is 7.47. The minimum Gasteiger partial charge on any atom is -0.267 e. The Kier molecular flexibility index (Phi) is 4.27. The van der Waals surface area contributed by atoms with Crippen molar-refractivity contribution in [2.24, 2.45) is 0 Å². The molecule has 0 bridgehead atoms. The number of aromatic nitrogens is 2. The lowest BCUT2D eigenvalue weighted by Crippen LogP contribution is -2.25. The Morgan fingerprint density at radius 1 is 0.909 bits per heavy atom. The Bertz CT molecular complexity index is 860. The van der Waals surface area contributed by atoms with Gasteiger partial charge in [0, 0.05) is 10.6 Å². The van der Waals surface area contributed by atoms with E-state index in [2.05, 4.69) is 5.10 Å². The topological polar surface area (TPSA) is 34.9 Å². The van der Waals surface area contributed by atoms with Gasteiger partial charge < -0.3 is 0 Å². The third kappa shape index (κ3) is 3.06. The molecule has 1 heterocycles. The molecular weight excluding hydrogens is 319 g/mol. The second-order valence-electron chi connectivity index (χ2n) is 4.81. The van der Waals surface area contributed by atoms with Crippen molar-refractivity contribution in [3.05, 3.63) is 86.8 Å². The molecule has 0 unspecified atom stereocenters. The van der Waals surface area contributed by atoms with Gasteiger partial charge >= 0.3 is 0 Å². The maximum atomic E-state index is 12.7. The van der Waals surface area contributed by atoms with Gasteiger partial charge in [-0.25, -0.2) is 4.68 Å². The van der Waals surface area contributed by atoms with Gasteiger partial charge in [0.05, 0.1) is 12.1 Å². The first kappa shape index (κ1) is 14.8. The van der Waals surface area contributed by atoms with Gasteiger partial charge in [-0.3, -0.25) is 4.79 Å². The van der Waals surface area contributed by atoms with E-state index in [1.165, 1.54) is 4.68 Å². The lowest BCUT2D eigenvalue weighted by atomic mass is 10.1. The number of hydrogen-bond donors (Lipinski definition) is 0. The first-order valence-electron chi connectivity index (χ1n) is 6.71. The Hall–Kier alpha value is -2.10. The fourth-order valence-corrected chi connectivity index (χ4v) is 2.68. The normalized spacial score (nSPS) is 10.6. The van der Waals surface area contributed by atoms with Crippen LogP contribution in [0, 0.1) is 0 Å². The lowest BCUT2D eigenvalue weighted by Gasteiger charge is -2.09. The molecule has 2 aromatic carbocycles. The van der Waals surface area contributed by atoms with E-state index in [0.717, 1.165) is 5.56 Å². The largest absolute Gasteiger partial charge is 0.275 e. The highest BCUT2D eigenvalue weighted by molar-refractivity contribution is 6.33. The lowest BCUT2D eigenvalue weighted by molar-refractivity contribution is 0.641. The Morgan fingerprint density at radius 2 is 1.59 bits per heavy atom. The van der Waals surface area contributed by atoms with Gasteiger partial charge in [-0.15, -0.1) is 0 Å². The molecule has 0 radical (unpaired) electrons. The zero-order chi connectivity index (χ0) is 15.5. The van der Waals surface area contributed by atoms with Crippen LogP contribution in [0.15, 0.2) is 65.5 Å². The van der Waals surface area contributed by atoms with Crippen molar-refractivity contribution in [3.63, 3.8) is 0 Å². The molecule has 1 aromatic heterocycles. The monoisotopic (exact) mass is 330 g/mol. The summed E-state index contributed by atoms with van der Waals surface area (Å²) in [5.74, 6) is 0. The summed E-state index contributed by atoms with van der Waals surface area (Å²) in [5, 5.41) is 4.87. The Labute approximate surface area is 137 Å². The molecule has 5 heteroatoms. The number of rotatable bonds is 3. The molecule has 0 fully saturated rings. The number of benzene rings is 2. The predicted octanol–water partition coefficient (Wildman–Crippen LogP) is 4.27. The van der Waals surface area contributed by atoms with Crippen LogP contribution in [-0.4, -0.2) is 9.78 Å². The van der Waals surface area contributed by atoms with Crippen LogP contribution < -0.4 is 5.56 Å². The maximum absolute atomic E-state index is 12.7. The molecule has 0 aliphatic heterocycles. The van der Waals surface area contributed by atoms with Crippen molar-refractivity contribution < 1.29 is 0 Å². The Morgan fingerprint density at radius 3 is 2.32 bits per heavy atom. The summed E-state index contributed by atoms with van der Waals surface area (Å²) in [6.45, 7) is 0.359. The number of hydrogen-bond acceptors (Lipinski definition) is 2. The summed E-state index contributed by atoms with van der Waals surface area (Å²) in [6, 6.07) is 18.4. The fraction of sp³-hybridized carbons (Fsp3) is 0.0588. The molecule has 0 atom stereocenters. The van der Waals surface area contributed by atoms with Crippen LogP contribution in [0.2, 0.25) is 10.2 Å². The average Bonchev–Trinajstić information content (AvgIpc) is 2.52. The summed E-state index contributed by atoms with van der Waals surface area (Å²) in [5.41, 5.74) is 1.85. The van der Waals surface area contributed by atoms with E-state index in [0.29, 0.717) is 22.7 Å². The molecule has 0 saturated carbocycles. The van der Waals surface area contributed by atoms with E-state index in [1.807, 2.05) is 42.5 Å². The highest BCUT2D eigenvalue weighted by atomic mass is 35.5. The zero-order valence-corrected chi connectivity index (χ0v) is 13.1. The van der Waals surface area contributed by atoms with Crippen molar-refractivity contribution >= 4 is 23.2 Å². The first-order chi connectivity index (χ1) is 10.6. The molecule has 0 N–H and O–H groups in total. The fourth-order valence-electron chi connectivity index (χ4n) is 2.25. The van der Waals surface area contributed by atoms with Gasteiger partial charge in [0.1, 0.15) is 0 Å². The van der Waals surface area contributed by atoms with Crippen LogP contribution in [0.5, 0.6) is 0 Å². The van der Waals surface area contributed by atoms with Crippen LogP contribution in [0.4, 0.5) is 0 Å². The third-order valence-electron chi connectivity index (χ3n) is 3.28. The molecule has 0 aliphatic rings. The van der Waals surface area contributed by atoms with Crippen LogP contribution in [0.3, 0.4) is 0 Å². The molecule has 3 nitrogen and oxygen atoms in total. The van der Waals surface area contributed by atoms with Crippen LogP contribution in [0.1, 0.15) is 5.56 Å². The van der Waals surface area contributed by atoms with Crippen LogP contribution in [-0.2, 0) is 6.54 Å². The second-order valence-corrected chi connectivity index (χ2v) is 5.60. The van der Waals surface area contributed by atoms with Crippen molar-refractivity contribution in [1.82, 2.24) is 9.78 Å². The average molecular weight is 331 g/mol. The minimum absolute atomic E-state index is 0.221. The highest BCUT2D eigenvalue weighted by Gasteiger charge is 2.12. The quantitative estimate of drug-likeness (QED) is 0.718. The van der Waals surface area contributed by atoms with Gasteiger partial charge in [0.15, 0.2) is 5.15 Å². The van der Waals surface area contributed by atoms with Gasteiger partial charge in [0.2, 0.25) is 0 Å². The molecule has 3 rings (SSSR count). The number of nitrogens with zero attached hydrogens (tertiary/aromatic N) is 2. The molecule has 22 heavy (non-hydrogen) atoms. The summed E-state index contributed by atoms with van der Waals surface area (Å²) in [4.78, 5) is 12.7. The summed E-state index contributed by atoms with van der Waals surface area (Å²) in [7, 11) is 0. The minimum atomic E-state index is -0.221. The third-order valence-corrected chi connectivity index (χ3v) is 3.80. The van der Waals surface area contributed by atoms with E-state index < -0.39 is 0 Å². The van der Waals surface area contributed by atoms with Crippen molar-refractivity contribution in [2.45, 2.75) is 6.54 Å². The standard InChI is InChI=1S/C17H12Cl2N2O/c18-15-9-5-4-8-13(15)14-10-16(19)20-21(17(14)22)11-12-6-2-1-3-7-12/h1-10H,11H2. The summed E-state index contributed by atoms with van der Waals surface area (Å²) < 4.78 is 1.36. The van der Waals surface area contributed by atoms with Gasteiger partial charge in [-0.1, -0.05) is 71.7 Å². The van der Waals surface area contributed by atoms with E-state index in [9.17, 15) is 4.79 Å². The number of halogens is 2. The summed E-state index contributed by atoms with van der Waals surface area (Å²) in [6.07, 6.45) is 0. The highest BCUT2D eigenvalue weighted by Crippen LogP contribution is 2.26. The maximum Gasteiger partial charge on any atom is 0.275 e. The van der Waals surface area contributed by atoms with E-state index in [-0.39, 0.29) is 10.7 Å². The summed E-state index contributed by atoms with van der Waals surface area (Å²) >= 11 is 12.3. The molecular formula is C17H12Cl2N2O. The molecule has 0 saturated heterocycles. The Balaban J connectivity index is 2.11. The SMILES string of the molecule is O=c1c(-c2ccccc2Cl)cc(Cl)nn1Cc1ccccc1.